The molecule has 164 valence electrons. The number of aromatic nitrogens is 4. The summed E-state index contributed by atoms with van der Waals surface area (Å²) in [4.78, 5) is 24.1. The number of nitrogens with zero attached hydrogens (tertiary/aromatic N) is 4. The van der Waals surface area contributed by atoms with E-state index in [-0.39, 0.29) is 23.6 Å². The Balaban J connectivity index is 1.40. The lowest BCUT2D eigenvalue weighted by Crippen LogP contribution is -2.34. The molecule has 1 aliphatic heterocycles. The second-order valence-electron chi connectivity index (χ2n) is 6.72. The zero-order chi connectivity index (χ0) is 22.2. The van der Waals surface area contributed by atoms with Gasteiger partial charge in [0, 0.05) is 6.42 Å². The molecule has 4 rings (SSSR count). The third-order valence-electron chi connectivity index (χ3n) is 4.60. The number of phenols is 1. The van der Waals surface area contributed by atoms with Gasteiger partial charge < -0.3 is 20.7 Å². The summed E-state index contributed by atoms with van der Waals surface area (Å²) in [5.74, 6) is -1.26. The molecular formula is C17H18N6O7S. The number of aliphatic hydroxyl groups is 1. The van der Waals surface area contributed by atoms with Crippen LogP contribution in [0.15, 0.2) is 36.9 Å². The number of phenolic OH excluding ortho intramolecular Hbond substituents is 1. The van der Waals surface area contributed by atoms with E-state index >= 15 is 0 Å². The van der Waals surface area contributed by atoms with Gasteiger partial charge in [0.2, 0.25) is 0 Å². The number of ether oxygens (including phenoxy) is 1. The molecule has 1 saturated heterocycles. The van der Waals surface area contributed by atoms with Crippen molar-refractivity contribution in [1.82, 2.24) is 24.2 Å². The Morgan fingerprint density at radius 1 is 1.32 bits per heavy atom. The molecule has 3 aromatic rings. The molecule has 0 saturated carbocycles. The number of para-hydroxylation sites is 1. The predicted octanol–water partition coefficient (Wildman–Crippen LogP) is -0.546. The van der Waals surface area contributed by atoms with Gasteiger partial charge in [-0.05, 0) is 12.1 Å². The lowest BCUT2D eigenvalue weighted by Gasteiger charge is -2.17. The maximum absolute atomic E-state index is 12.1. The summed E-state index contributed by atoms with van der Waals surface area (Å²) < 4.78 is 37.9. The highest BCUT2D eigenvalue weighted by Gasteiger charge is 2.37. The number of hydrogen-bond donors (Lipinski definition) is 4. The molecule has 0 aliphatic carbocycles. The number of nitrogens with one attached hydrogen (secondary N) is 1. The molecule has 1 unspecified atom stereocenters. The molecule has 1 fully saturated rings. The van der Waals surface area contributed by atoms with E-state index in [2.05, 4.69) is 15.0 Å². The van der Waals surface area contributed by atoms with Crippen LogP contribution in [-0.2, 0) is 19.2 Å². The second-order valence-corrected chi connectivity index (χ2v) is 8.07. The van der Waals surface area contributed by atoms with Crippen LogP contribution in [0.3, 0.4) is 0 Å². The van der Waals surface area contributed by atoms with Gasteiger partial charge in [-0.25, -0.2) is 19.7 Å². The summed E-state index contributed by atoms with van der Waals surface area (Å²) in [6.07, 6.45) is 0.00213. The number of anilines is 1. The number of aromatic hydroxyl groups is 1. The van der Waals surface area contributed by atoms with E-state index in [0.717, 1.165) is 0 Å². The van der Waals surface area contributed by atoms with Gasteiger partial charge in [0.25, 0.3) is 5.91 Å². The molecule has 1 amide bonds. The van der Waals surface area contributed by atoms with Crippen LogP contribution in [0.25, 0.3) is 11.2 Å². The van der Waals surface area contributed by atoms with Gasteiger partial charge in [0.1, 0.15) is 23.7 Å². The molecule has 1 aliphatic rings. The van der Waals surface area contributed by atoms with Crippen LogP contribution >= 0.6 is 0 Å². The topological polar surface area (TPSA) is 192 Å². The quantitative estimate of drug-likeness (QED) is 0.377. The Hall–Kier alpha value is -3.33. The van der Waals surface area contributed by atoms with Gasteiger partial charge in [0.05, 0.1) is 24.6 Å². The van der Waals surface area contributed by atoms with E-state index in [4.69, 9.17) is 14.7 Å². The Kier molecular flexibility index (Phi) is 5.45. The first kappa shape index (κ1) is 20.9. The van der Waals surface area contributed by atoms with Crippen molar-refractivity contribution >= 4 is 33.2 Å². The number of benzene rings is 1. The molecule has 1 aromatic carbocycles. The standard InChI is InChI=1S/C17H18N6O7S/c18-14-13-15(20-7-19-14)23(8-21-13)17-12(25)5-9(30-17)6-29-31(27,28)22-16(26)10-3-1-2-4-11(10)24/h1-4,7-9,12,17,24-25H,5-6H2,(H,22,26)(H2,18,19,20)/t9-,12?,17+/m0/s1. The number of carbonyl (C=O) groups is 1. The monoisotopic (exact) mass is 450 g/mol. The highest BCUT2D eigenvalue weighted by atomic mass is 32.2. The number of imidazole rings is 1. The number of hydrogen-bond acceptors (Lipinski definition) is 11. The van der Waals surface area contributed by atoms with Crippen molar-refractivity contribution in [1.29, 1.82) is 0 Å². The van der Waals surface area contributed by atoms with Crippen molar-refractivity contribution in [3.8, 4) is 5.75 Å². The van der Waals surface area contributed by atoms with Crippen LogP contribution in [0.4, 0.5) is 5.82 Å². The number of carbonyl (C=O) groups excluding carboxylic acids is 1. The number of rotatable bonds is 6. The number of nitrogens with two attached hydrogens (primary N) is 1. The zero-order valence-corrected chi connectivity index (χ0v) is 16.6. The van der Waals surface area contributed by atoms with Crippen molar-refractivity contribution in [2.24, 2.45) is 0 Å². The van der Waals surface area contributed by atoms with Gasteiger partial charge in [-0.1, -0.05) is 12.1 Å². The van der Waals surface area contributed by atoms with Crippen LogP contribution in [0.5, 0.6) is 5.75 Å². The number of amides is 1. The Labute approximate surface area is 175 Å². The van der Waals surface area contributed by atoms with Crippen molar-refractivity contribution in [3.05, 3.63) is 42.5 Å². The van der Waals surface area contributed by atoms with Crippen LogP contribution in [0.1, 0.15) is 23.0 Å². The largest absolute Gasteiger partial charge is 0.507 e. The van der Waals surface area contributed by atoms with E-state index in [1.165, 1.54) is 41.5 Å². The van der Waals surface area contributed by atoms with Crippen molar-refractivity contribution in [2.75, 3.05) is 12.3 Å². The first-order valence-corrected chi connectivity index (χ1v) is 10.4. The first-order chi connectivity index (χ1) is 14.7. The van der Waals surface area contributed by atoms with E-state index in [1.54, 1.807) is 4.72 Å². The summed E-state index contributed by atoms with van der Waals surface area (Å²) in [6.45, 7) is -0.458. The van der Waals surface area contributed by atoms with Crippen LogP contribution in [0.2, 0.25) is 0 Å². The van der Waals surface area contributed by atoms with Crippen LogP contribution < -0.4 is 10.5 Å². The Morgan fingerprint density at radius 3 is 2.87 bits per heavy atom. The van der Waals surface area contributed by atoms with Gasteiger partial charge in [-0.15, -0.1) is 0 Å². The van der Waals surface area contributed by atoms with E-state index in [0.29, 0.717) is 11.2 Å². The summed E-state index contributed by atoms with van der Waals surface area (Å²) in [5.41, 5.74) is 6.21. The molecule has 5 N–H and O–H groups in total. The number of aliphatic hydroxyl groups excluding tert-OH is 1. The molecule has 0 spiro atoms. The smallest absolute Gasteiger partial charge is 0.362 e. The van der Waals surface area contributed by atoms with E-state index in [1.807, 2.05) is 0 Å². The lowest BCUT2D eigenvalue weighted by atomic mass is 10.2. The maximum Gasteiger partial charge on any atom is 0.362 e. The van der Waals surface area contributed by atoms with Crippen molar-refractivity contribution in [3.63, 3.8) is 0 Å². The van der Waals surface area contributed by atoms with Crippen LogP contribution in [-0.4, -0.2) is 62.9 Å². The maximum atomic E-state index is 12.1. The minimum atomic E-state index is -4.49. The molecule has 2 aromatic heterocycles. The number of fused-ring (bicyclic) bond motifs is 1. The molecular weight excluding hydrogens is 432 g/mol. The zero-order valence-electron chi connectivity index (χ0n) is 15.8. The lowest BCUT2D eigenvalue weighted by molar-refractivity contribution is -0.0453. The first-order valence-electron chi connectivity index (χ1n) is 9.01. The third kappa shape index (κ3) is 4.27. The fourth-order valence-corrected chi connectivity index (χ4v) is 3.90. The molecule has 3 heterocycles. The minimum absolute atomic E-state index is 0.0633. The molecule has 0 bridgehead atoms. The van der Waals surface area contributed by atoms with Crippen molar-refractivity contribution in [2.45, 2.75) is 24.9 Å². The van der Waals surface area contributed by atoms with E-state index in [9.17, 15) is 23.4 Å². The third-order valence-corrected chi connectivity index (χ3v) is 5.48. The van der Waals surface area contributed by atoms with Crippen LogP contribution in [0, 0.1) is 0 Å². The highest BCUT2D eigenvalue weighted by Crippen LogP contribution is 2.31. The summed E-state index contributed by atoms with van der Waals surface area (Å²) in [6, 6.07) is 5.45. The van der Waals surface area contributed by atoms with Gasteiger partial charge in [-0.2, -0.15) is 8.42 Å². The van der Waals surface area contributed by atoms with Gasteiger partial charge >= 0.3 is 10.3 Å². The normalized spacial score (nSPS) is 21.4. The molecule has 31 heavy (non-hydrogen) atoms. The Bertz CT molecular complexity index is 1230. The second kappa shape index (κ2) is 8.07. The Morgan fingerprint density at radius 2 is 2.10 bits per heavy atom. The van der Waals surface area contributed by atoms with Gasteiger partial charge in [0.15, 0.2) is 17.7 Å². The molecule has 0 radical (unpaired) electrons. The average Bonchev–Trinajstić information content (AvgIpc) is 3.30. The fraction of sp³-hybridized carbons (Fsp3) is 0.294. The highest BCUT2D eigenvalue weighted by molar-refractivity contribution is 7.85. The van der Waals surface area contributed by atoms with E-state index < -0.39 is 41.3 Å². The summed E-state index contributed by atoms with van der Waals surface area (Å²) >= 11 is 0. The van der Waals surface area contributed by atoms with Crippen molar-refractivity contribution < 1.29 is 32.3 Å². The predicted molar refractivity (Wildman–Crippen MR) is 105 cm³/mol. The minimum Gasteiger partial charge on any atom is -0.507 e. The number of nitrogen functional groups attached to an aromatic ring is 1. The SMILES string of the molecule is Nc1ncnc2c1ncn2[C@@H]1O[C@H](COS(=O)(=O)NC(=O)c2ccccc2O)CC1O. The molecule has 13 nitrogen and oxygen atoms in total. The average molecular weight is 450 g/mol. The molecule has 3 atom stereocenters. The van der Waals surface area contributed by atoms with Gasteiger partial charge in [-0.3, -0.25) is 13.5 Å². The molecule has 14 heteroatoms. The summed E-state index contributed by atoms with van der Waals surface area (Å²) in [7, 11) is -4.49. The summed E-state index contributed by atoms with van der Waals surface area (Å²) in [5, 5.41) is 20.0. The fourth-order valence-electron chi connectivity index (χ4n) is 3.17.